The number of ketones is 1. The summed E-state index contributed by atoms with van der Waals surface area (Å²) in [5.41, 5.74) is 2.07. The smallest absolute Gasteiger partial charge is 0.162 e. The van der Waals surface area contributed by atoms with Crippen LogP contribution < -0.4 is 0 Å². The maximum Gasteiger partial charge on any atom is 0.162 e. The zero-order valence-corrected chi connectivity index (χ0v) is 9.78. The van der Waals surface area contributed by atoms with E-state index in [1.54, 1.807) is 11.8 Å². The van der Waals surface area contributed by atoms with Gasteiger partial charge in [0.15, 0.2) is 5.78 Å². The topological polar surface area (TPSA) is 17.1 Å². The van der Waals surface area contributed by atoms with Crippen molar-refractivity contribution >= 4 is 17.5 Å². The minimum atomic E-state index is 0.245. The molecule has 0 N–H and O–H groups in total. The molecule has 2 heteroatoms. The van der Waals surface area contributed by atoms with Crippen molar-refractivity contribution < 1.29 is 4.79 Å². The Balaban J connectivity index is 3.11. The summed E-state index contributed by atoms with van der Waals surface area (Å²) in [4.78, 5) is 12.8. The van der Waals surface area contributed by atoms with Crippen LogP contribution in [0.5, 0.6) is 0 Å². The van der Waals surface area contributed by atoms with Gasteiger partial charge in [-0.15, -0.1) is 11.8 Å². The fourth-order valence-electron chi connectivity index (χ4n) is 1.45. The van der Waals surface area contributed by atoms with Crippen molar-refractivity contribution in [3.8, 4) is 0 Å². The van der Waals surface area contributed by atoms with Crippen molar-refractivity contribution in [2.24, 2.45) is 0 Å². The summed E-state index contributed by atoms with van der Waals surface area (Å²) in [7, 11) is 0. The van der Waals surface area contributed by atoms with Gasteiger partial charge in [0.05, 0.1) is 0 Å². The average Bonchev–Trinajstić information content (AvgIpc) is 2.27. The van der Waals surface area contributed by atoms with E-state index in [-0.39, 0.29) is 5.78 Å². The van der Waals surface area contributed by atoms with Crippen LogP contribution >= 0.6 is 11.8 Å². The zero-order chi connectivity index (χ0) is 10.6. The van der Waals surface area contributed by atoms with Gasteiger partial charge in [-0.25, -0.2) is 0 Å². The third-order valence-electron chi connectivity index (χ3n) is 2.31. The Kier molecular flexibility index (Phi) is 4.21. The number of carbonyl (C=O) groups excluding carboxylic acids is 1. The van der Waals surface area contributed by atoms with Crippen LogP contribution in [0.2, 0.25) is 0 Å². The van der Waals surface area contributed by atoms with Crippen molar-refractivity contribution in [3.63, 3.8) is 0 Å². The molecule has 14 heavy (non-hydrogen) atoms. The third kappa shape index (κ3) is 2.38. The highest BCUT2D eigenvalue weighted by Crippen LogP contribution is 2.20. The summed E-state index contributed by atoms with van der Waals surface area (Å²) >= 11 is 1.72. The minimum Gasteiger partial charge on any atom is -0.294 e. The second-order valence-electron chi connectivity index (χ2n) is 3.15. The molecule has 0 aliphatic heterocycles. The molecule has 0 aliphatic carbocycles. The number of rotatable bonds is 4. The van der Waals surface area contributed by atoms with Crippen molar-refractivity contribution in [3.05, 3.63) is 29.3 Å². The van der Waals surface area contributed by atoms with Crippen molar-refractivity contribution in [2.45, 2.75) is 31.6 Å². The van der Waals surface area contributed by atoms with Gasteiger partial charge in [0.25, 0.3) is 0 Å². The lowest BCUT2D eigenvalue weighted by Crippen LogP contribution is -2.01. The fourth-order valence-corrected chi connectivity index (χ4v) is 1.92. The Morgan fingerprint density at radius 2 is 2.07 bits per heavy atom. The van der Waals surface area contributed by atoms with E-state index in [1.165, 1.54) is 10.5 Å². The number of hydrogen-bond donors (Lipinski definition) is 0. The standard InChI is InChI=1S/C12H16OS/c1-4-9-8-10(14-3)6-7-11(9)12(13)5-2/h6-8H,4-5H2,1-3H3. The molecule has 0 spiro atoms. The molecule has 0 aromatic heterocycles. The molecule has 0 bridgehead atoms. The monoisotopic (exact) mass is 208 g/mol. The molecular weight excluding hydrogens is 192 g/mol. The first-order chi connectivity index (χ1) is 6.72. The first-order valence-corrected chi connectivity index (χ1v) is 6.15. The van der Waals surface area contributed by atoms with Crippen LogP contribution in [0, 0.1) is 0 Å². The molecule has 0 saturated heterocycles. The summed E-state index contributed by atoms with van der Waals surface area (Å²) in [6.07, 6.45) is 3.57. The first-order valence-electron chi connectivity index (χ1n) is 4.93. The van der Waals surface area contributed by atoms with Crippen molar-refractivity contribution in [1.29, 1.82) is 0 Å². The van der Waals surface area contributed by atoms with E-state index in [0.717, 1.165) is 12.0 Å². The summed E-state index contributed by atoms with van der Waals surface area (Å²) < 4.78 is 0. The molecule has 1 nitrogen and oxygen atoms in total. The highest BCUT2D eigenvalue weighted by Gasteiger charge is 2.08. The molecule has 1 aromatic carbocycles. The van der Waals surface area contributed by atoms with Gasteiger partial charge < -0.3 is 0 Å². The fraction of sp³-hybridized carbons (Fsp3) is 0.417. The molecule has 1 aromatic rings. The third-order valence-corrected chi connectivity index (χ3v) is 3.04. The van der Waals surface area contributed by atoms with Gasteiger partial charge in [-0.05, 0) is 30.4 Å². The van der Waals surface area contributed by atoms with Gasteiger partial charge in [-0.1, -0.05) is 19.9 Å². The molecule has 0 unspecified atom stereocenters. The van der Waals surface area contributed by atoms with Gasteiger partial charge >= 0.3 is 0 Å². The maximum atomic E-state index is 11.6. The van der Waals surface area contributed by atoms with Gasteiger partial charge in [-0.2, -0.15) is 0 Å². The summed E-state index contributed by atoms with van der Waals surface area (Å²) in [5.74, 6) is 0.245. The number of thioether (sulfide) groups is 1. The molecule has 76 valence electrons. The molecule has 0 atom stereocenters. The highest BCUT2D eigenvalue weighted by atomic mass is 32.2. The summed E-state index contributed by atoms with van der Waals surface area (Å²) in [6, 6.07) is 6.09. The Morgan fingerprint density at radius 1 is 1.36 bits per heavy atom. The Labute approximate surface area is 89.9 Å². The number of aryl methyl sites for hydroxylation is 1. The van der Waals surface area contributed by atoms with E-state index in [4.69, 9.17) is 0 Å². The number of Topliss-reactive ketones (excluding diaryl/α,β-unsaturated/α-hetero) is 1. The lowest BCUT2D eigenvalue weighted by Gasteiger charge is -2.07. The summed E-state index contributed by atoms with van der Waals surface area (Å²) in [5, 5.41) is 0. The van der Waals surface area contributed by atoms with E-state index in [2.05, 4.69) is 19.2 Å². The molecule has 0 heterocycles. The SMILES string of the molecule is CCC(=O)c1ccc(SC)cc1CC. The lowest BCUT2D eigenvalue weighted by molar-refractivity contribution is 0.0987. The number of carbonyl (C=O) groups is 1. The molecule has 0 saturated carbocycles. The number of hydrogen-bond acceptors (Lipinski definition) is 2. The van der Waals surface area contributed by atoms with Crippen LogP contribution in [-0.4, -0.2) is 12.0 Å². The lowest BCUT2D eigenvalue weighted by atomic mass is 10.0. The van der Waals surface area contributed by atoms with Crippen LogP contribution in [-0.2, 0) is 6.42 Å². The molecule has 0 aliphatic rings. The minimum absolute atomic E-state index is 0.245. The van der Waals surface area contributed by atoms with Crippen LogP contribution in [0.3, 0.4) is 0 Å². The number of benzene rings is 1. The van der Waals surface area contributed by atoms with E-state index in [0.29, 0.717) is 6.42 Å². The van der Waals surface area contributed by atoms with Crippen molar-refractivity contribution in [1.82, 2.24) is 0 Å². The quantitative estimate of drug-likeness (QED) is 0.556. The van der Waals surface area contributed by atoms with E-state index < -0.39 is 0 Å². The first kappa shape index (κ1) is 11.3. The summed E-state index contributed by atoms with van der Waals surface area (Å²) in [6.45, 7) is 4.00. The van der Waals surface area contributed by atoms with Gasteiger partial charge in [0, 0.05) is 16.9 Å². The largest absolute Gasteiger partial charge is 0.294 e. The molecule has 1 rings (SSSR count). The van der Waals surface area contributed by atoms with Crippen molar-refractivity contribution in [2.75, 3.05) is 6.26 Å². The van der Waals surface area contributed by atoms with Gasteiger partial charge in [-0.3, -0.25) is 4.79 Å². The van der Waals surface area contributed by atoms with Gasteiger partial charge in [0.1, 0.15) is 0 Å². The predicted octanol–water partition coefficient (Wildman–Crippen LogP) is 3.56. The van der Waals surface area contributed by atoms with Crippen LogP contribution in [0.25, 0.3) is 0 Å². The average molecular weight is 208 g/mol. The van der Waals surface area contributed by atoms with Gasteiger partial charge in [0.2, 0.25) is 0 Å². The van der Waals surface area contributed by atoms with E-state index >= 15 is 0 Å². The predicted molar refractivity (Wildman–Crippen MR) is 62.2 cm³/mol. The second kappa shape index (κ2) is 5.20. The highest BCUT2D eigenvalue weighted by molar-refractivity contribution is 7.98. The van der Waals surface area contributed by atoms with Crippen LogP contribution in [0.4, 0.5) is 0 Å². The maximum absolute atomic E-state index is 11.6. The molecule has 0 fully saturated rings. The van der Waals surface area contributed by atoms with Crippen LogP contribution in [0.15, 0.2) is 23.1 Å². The molecule has 0 radical (unpaired) electrons. The molecular formula is C12H16OS. The Bertz CT molecular complexity index is 331. The Hall–Kier alpha value is -0.760. The van der Waals surface area contributed by atoms with E-state index in [9.17, 15) is 4.79 Å². The zero-order valence-electron chi connectivity index (χ0n) is 8.96. The molecule has 0 amide bonds. The second-order valence-corrected chi connectivity index (χ2v) is 4.03. The van der Waals surface area contributed by atoms with Crippen LogP contribution in [0.1, 0.15) is 36.2 Å². The van der Waals surface area contributed by atoms with E-state index in [1.807, 2.05) is 19.1 Å². The Morgan fingerprint density at radius 3 is 2.57 bits per heavy atom. The normalized spacial score (nSPS) is 10.2.